The van der Waals surface area contributed by atoms with Crippen LogP contribution in [-0.4, -0.2) is 25.6 Å². The SMILES string of the molecule is COc1cccc([C@H]2CC(=O)N(c3ccc(C)c(Cl)c3)C3=C2C(=O)OC3)c1. The van der Waals surface area contributed by atoms with Gasteiger partial charge in [0.15, 0.2) is 0 Å². The average Bonchev–Trinajstić information content (AvgIpc) is 3.05. The topological polar surface area (TPSA) is 55.8 Å². The van der Waals surface area contributed by atoms with Crippen molar-refractivity contribution in [1.82, 2.24) is 0 Å². The van der Waals surface area contributed by atoms with E-state index in [4.69, 9.17) is 21.1 Å². The summed E-state index contributed by atoms with van der Waals surface area (Å²) in [6.45, 7) is 1.97. The first-order chi connectivity index (χ1) is 13.0. The van der Waals surface area contributed by atoms with Gasteiger partial charge in [0.25, 0.3) is 0 Å². The number of carbonyl (C=O) groups is 2. The molecule has 0 bridgehead atoms. The van der Waals surface area contributed by atoms with Gasteiger partial charge in [0.2, 0.25) is 5.91 Å². The van der Waals surface area contributed by atoms with Gasteiger partial charge in [-0.3, -0.25) is 9.69 Å². The second kappa shape index (κ2) is 6.74. The van der Waals surface area contributed by atoms with Gasteiger partial charge in [0, 0.05) is 17.4 Å². The Morgan fingerprint density at radius 2 is 2.00 bits per heavy atom. The summed E-state index contributed by atoms with van der Waals surface area (Å²) in [7, 11) is 1.59. The fourth-order valence-electron chi connectivity index (χ4n) is 3.62. The van der Waals surface area contributed by atoms with Gasteiger partial charge in [0.05, 0.1) is 24.1 Å². The van der Waals surface area contributed by atoms with Crippen molar-refractivity contribution < 1.29 is 19.1 Å². The number of amides is 1. The molecule has 0 N–H and O–H groups in total. The van der Waals surface area contributed by atoms with Gasteiger partial charge in [-0.05, 0) is 42.3 Å². The first kappa shape index (κ1) is 17.6. The molecule has 0 spiro atoms. The van der Waals surface area contributed by atoms with Crippen LogP contribution in [0.4, 0.5) is 5.69 Å². The van der Waals surface area contributed by atoms with Crippen LogP contribution >= 0.6 is 11.6 Å². The molecule has 0 saturated heterocycles. The Morgan fingerprint density at radius 3 is 2.74 bits per heavy atom. The van der Waals surface area contributed by atoms with E-state index < -0.39 is 0 Å². The molecule has 1 atom stereocenters. The van der Waals surface area contributed by atoms with Crippen LogP contribution < -0.4 is 9.64 Å². The van der Waals surface area contributed by atoms with E-state index in [1.807, 2.05) is 43.3 Å². The minimum Gasteiger partial charge on any atom is -0.497 e. The number of ether oxygens (including phenoxy) is 2. The summed E-state index contributed by atoms with van der Waals surface area (Å²) in [5.41, 5.74) is 3.54. The highest BCUT2D eigenvalue weighted by atomic mass is 35.5. The molecule has 0 aromatic heterocycles. The molecule has 0 unspecified atom stereocenters. The van der Waals surface area contributed by atoms with Crippen molar-refractivity contribution in [3.05, 3.63) is 69.9 Å². The van der Waals surface area contributed by atoms with Crippen LogP contribution in [-0.2, 0) is 14.3 Å². The maximum Gasteiger partial charge on any atom is 0.336 e. The van der Waals surface area contributed by atoms with E-state index in [-0.39, 0.29) is 30.8 Å². The molecule has 4 rings (SSSR count). The summed E-state index contributed by atoms with van der Waals surface area (Å²) in [6, 6.07) is 12.9. The summed E-state index contributed by atoms with van der Waals surface area (Å²) in [5, 5.41) is 0.572. The van der Waals surface area contributed by atoms with Crippen LogP contribution in [0.15, 0.2) is 53.7 Å². The molecule has 5 nitrogen and oxygen atoms in total. The number of carbonyl (C=O) groups excluding carboxylic acids is 2. The largest absolute Gasteiger partial charge is 0.497 e. The second-order valence-corrected chi connectivity index (χ2v) is 7.04. The van der Waals surface area contributed by atoms with Crippen molar-refractivity contribution in [2.24, 2.45) is 0 Å². The number of hydrogen-bond acceptors (Lipinski definition) is 4. The molecule has 2 heterocycles. The molecule has 0 saturated carbocycles. The number of aryl methyl sites for hydroxylation is 1. The molecular weight excluding hydrogens is 366 g/mol. The van der Waals surface area contributed by atoms with Crippen LogP contribution in [0.2, 0.25) is 5.02 Å². The highest BCUT2D eigenvalue weighted by Crippen LogP contribution is 2.42. The minimum absolute atomic E-state index is 0.0753. The first-order valence-electron chi connectivity index (χ1n) is 8.63. The Morgan fingerprint density at radius 1 is 1.19 bits per heavy atom. The van der Waals surface area contributed by atoms with E-state index in [1.54, 1.807) is 18.1 Å². The zero-order chi connectivity index (χ0) is 19.1. The van der Waals surface area contributed by atoms with E-state index in [9.17, 15) is 9.59 Å². The zero-order valence-electron chi connectivity index (χ0n) is 15.0. The summed E-state index contributed by atoms with van der Waals surface area (Å²) >= 11 is 6.24. The molecule has 6 heteroatoms. The third-order valence-electron chi connectivity index (χ3n) is 5.03. The predicted molar refractivity (Wildman–Crippen MR) is 102 cm³/mol. The number of cyclic esters (lactones) is 1. The van der Waals surface area contributed by atoms with Gasteiger partial charge in [-0.1, -0.05) is 29.8 Å². The summed E-state index contributed by atoms with van der Waals surface area (Å²) in [6.07, 6.45) is 0.173. The standard InChI is InChI=1S/C21H18ClNO4/c1-12-6-7-14(9-17(12)22)23-18-11-27-21(25)20(18)16(10-19(23)24)13-4-3-5-15(8-13)26-2/h3-9,16H,10-11H2,1-2H3/t16-/m1/s1. The Hall–Kier alpha value is -2.79. The number of anilines is 1. The molecular formula is C21H18ClNO4. The van der Waals surface area contributed by atoms with Crippen LogP contribution in [0.3, 0.4) is 0 Å². The molecule has 2 aromatic carbocycles. The lowest BCUT2D eigenvalue weighted by Crippen LogP contribution is -2.37. The first-order valence-corrected chi connectivity index (χ1v) is 9.00. The van der Waals surface area contributed by atoms with Crippen LogP contribution in [0.25, 0.3) is 0 Å². The van der Waals surface area contributed by atoms with Crippen molar-refractivity contribution in [3.8, 4) is 5.75 Å². The van der Waals surface area contributed by atoms with Crippen molar-refractivity contribution in [2.75, 3.05) is 18.6 Å². The lowest BCUT2D eigenvalue weighted by Gasteiger charge is -2.32. The highest BCUT2D eigenvalue weighted by Gasteiger charge is 2.43. The van der Waals surface area contributed by atoms with E-state index in [0.29, 0.717) is 27.7 Å². The van der Waals surface area contributed by atoms with Gasteiger partial charge in [-0.25, -0.2) is 4.79 Å². The molecule has 0 fully saturated rings. The third-order valence-corrected chi connectivity index (χ3v) is 5.43. The minimum atomic E-state index is -0.381. The fourth-order valence-corrected chi connectivity index (χ4v) is 3.79. The van der Waals surface area contributed by atoms with Gasteiger partial charge < -0.3 is 9.47 Å². The number of esters is 1. The Labute approximate surface area is 162 Å². The fraction of sp³-hybridized carbons (Fsp3) is 0.238. The van der Waals surface area contributed by atoms with Gasteiger partial charge in [0.1, 0.15) is 12.4 Å². The Kier molecular flexibility index (Phi) is 4.40. The highest BCUT2D eigenvalue weighted by molar-refractivity contribution is 6.31. The zero-order valence-corrected chi connectivity index (χ0v) is 15.7. The smallest absolute Gasteiger partial charge is 0.336 e. The van der Waals surface area contributed by atoms with Gasteiger partial charge >= 0.3 is 5.97 Å². The number of hydrogen-bond donors (Lipinski definition) is 0. The molecule has 2 aromatic rings. The van der Waals surface area contributed by atoms with E-state index in [1.165, 1.54) is 0 Å². The normalized spacial score (nSPS) is 19.2. The number of benzene rings is 2. The number of rotatable bonds is 3. The molecule has 2 aliphatic heterocycles. The molecule has 0 aliphatic carbocycles. The number of nitrogens with zero attached hydrogens (tertiary/aromatic N) is 1. The predicted octanol–water partition coefficient (Wildman–Crippen LogP) is 3.99. The molecule has 138 valence electrons. The monoisotopic (exact) mass is 383 g/mol. The quantitative estimate of drug-likeness (QED) is 0.752. The lowest BCUT2D eigenvalue weighted by atomic mass is 9.84. The van der Waals surface area contributed by atoms with E-state index in [2.05, 4.69) is 0 Å². The number of methoxy groups -OCH3 is 1. The third kappa shape index (κ3) is 2.98. The van der Waals surface area contributed by atoms with Crippen molar-refractivity contribution in [2.45, 2.75) is 19.3 Å². The van der Waals surface area contributed by atoms with Crippen molar-refractivity contribution >= 4 is 29.2 Å². The maximum atomic E-state index is 13.0. The van der Waals surface area contributed by atoms with E-state index >= 15 is 0 Å². The lowest BCUT2D eigenvalue weighted by molar-refractivity contribution is -0.136. The molecule has 2 aliphatic rings. The van der Waals surface area contributed by atoms with E-state index in [0.717, 1.165) is 11.1 Å². The van der Waals surface area contributed by atoms with Gasteiger partial charge in [-0.15, -0.1) is 0 Å². The molecule has 1 amide bonds. The average molecular weight is 384 g/mol. The maximum absolute atomic E-state index is 13.0. The molecule has 0 radical (unpaired) electrons. The van der Waals surface area contributed by atoms with Crippen LogP contribution in [0.1, 0.15) is 23.5 Å². The second-order valence-electron chi connectivity index (χ2n) is 6.63. The summed E-state index contributed by atoms with van der Waals surface area (Å²) in [4.78, 5) is 27.1. The summed E-state index contributed by atoms with van der Waals surface area (Å²) < 4.78 is 10.6. The van der Waals surface area contributed by atoms with Gasteiger partial charge in [-0.2, -0.15) is 0 Å². The Balaban J connectivity index is 1.82. The Bertz CT molecular complexity index is 982. The van der Waals surface area contributed by atoms with Crippen molar-refractivity contribution in [1.29, 1.82) is 0 Å². The van der Waals surface area contributed by atoms with Crippen LogP contribution in [0.5, 0.6) is 5.75 Å². The number of halogens is 1. The van der Waals surface area contributed by atoms with Crippen LogP contribution in [0, 0.1) is 6.92 Å². The summed E-state index contributed by atoms with van der Waals surface area (Å²) in [5.74, 6) is -0.149. The molecule has 27 heavy (non-hydrogen) atoms. The van der Waals surface area contributed by atoms with Crippen molar-refractivity contribution in [3.63, 3.8) is 0 Å².